The van der Waals surface area contributed by atoms with Crippen molar-refractivity contribution in [2.45, 2.75) is 19.9 Å². The Morgan fingerprint density at radius 2 is 2.15 bits per heavy atom. The molecule has 0 aliphatic heterocycles. The van der Waals surface area contributed by atoms with Gasteiger partial charge in [0.2, 0.25) is 0 Å². The molecule has 1 aromatic heterocycles. The van der Waals surface area contributed by atoms with Crippen LogP contribution in [0.1, 0.15) is 18.3 Å². The lowest BCUT2D eigenvalue weighted by Gasteiger charge is -2.06. The normalized spacial score (nSPS) is 9.31. The van der Waals surface area contributed by atoms with E-state index in [2.05, 4.69) is 14.8 Å². The number of aromatic nitrogens is 2. The van der Waals surface area contributed by atoms with Crippen LogP contribution in [-0.2, 0) is 13.0 Å². The number of aryl methyl sites for hydroxylation is 1. The molecule has 4 heteroatoms. The van der Waals surface area contributed by atoms with Gasteiger partial charge in [0, 0.05) is 0 Å². The van der Waals surface area contributed by atoms with Gasteiger partial charge in [0.1, 0.15) is 6.33 Å². The molecule has 4 nitrogen and oxygen atoms in total. The van der Waals surface area contributed by atoms with E-state index in [4.69, 9.17) is 11.3 Å². The van der Waals surface area contributed by atoms with Crippen molar-refractivity contribution < 1.29 is 4.74 Å². The van der Waals surface area contributed by atoms with Gasteiger partial charge in [0.15, 0.2) is 11.4 Å². The minimum atomic E-state index is 0.249. The average Bonchev–Trinajstić information content (AvgIpc) is 2.18. The molecule has 0 atom stereocenters. The fraction of sp³-hybridized carbons (Fsp3) is 0.444. The molecule has 0 radical (unpaired) electrons. The molecule has 0 amide bonds. The standard InChI is InChI=1S/C9H11N3O/c1-4-7-9(13-3)8(5-10-2)12-6-11-7/h6H,4-5H2,1,3H3. The molecule has 0 aliphatic carbocycles. The van der Waals surface area contributed by atoms with Crippen molar-refractivity contribution >= 4 is 0 Å². The van der Waals surface area contributed by atoms with Crippen molar-refractivity contribution in [2.75, 3.05) is 7.11 Å². The molecular weight excluding hydrogens is 166 g/mol. The lowest BCUT2D eigenvalue weighted by atomic mass is 10.2. The number of ether oxygens (including phenoxy) is 1. The van der Waals surface area contributed by atoms with Crippen LogP contribution in [0.5, 0.6) is 5.75 Å². The maximum Gasteiger partial charge on any atom is 0.260 e. The SMILES string of the molecule is [C-]#[N+]Cc1ncnc(CC)c1OC. The summed E-state index contributed by atoms with van der Waals surface area (Å²) in [5, 5.41) is 0. The fourth-order valence-electron chi connectivity index (χ4n) is 1.13. The summed E-state index contributed by atoms with van der Waals surface area (Å²) in [4.78, 5) is 11.3. The number of hydrogen-bond acceptors (Lipinski definition) is 3. The predicted molar refractivity (Wildman–Crippen MR) is 48.3 cm³/mol. The average molecular weight is 177 g/mol. The minimum Gasteiger partial charge on any atom is -0.493 e. The molecule has 0 bridgehead atoms. The zero-order valence-electron chi connectivity index (χ0n) is 7.74. The van der Waals surface area contributed by atoms with Crippen LogP contribution in [0.3, 0.4) is 0 Å². The van der Waals surface area contributed by atoms with E-state index >= 15 is 0 Å². The molecular formula is C9H11N3O. The number of rotatable bonds is 3. The Hall–Kier alpha value is -1.63. The summed E-state index contributed by atoms with van der Waals surface area (Å²) in [6.45, 7) is 8.99. The topological polar surface area (TPSA) is 39.4 Å². The monoisotopic (exact) mass is 177 g/mol. The van der Waals surface area contributed by atoms with Crippen LogP contribution in [-0.4, -0.2) is 17.1 Å². The molecule has 1 rings (SSSR count). The first-order valence-corrected chi connectivity index (χ1v) is 4.03. The van der Waals surface area contributed by atoms with E-state index in [-0.39, 0.29) is 6.54 Å². The van der Waals surface area contributed by atoms with Crippen LogP contribution in [0, 0.1) is 6.57 Å². The van der Waals surface area contributed by atoms with Gasteiger partial charge in [-0.05, 0) is 6.42 Å². The molecule has 0 saturated heterocycles. The van der Waals surface area contributed by atoms with E-state index in [1.165, 1.54) is 6.33 Å². The third-order valence-electron chi connectivity index (χ3n) is 1.72. The Morgan fingerprint density at radius 1 is 1.46 bits per heavy atom. The highest BCUT2D eigenvalue weighted by molar-refractivity contribution is 5.32. The van der Waals surface area contributed by atoms with Crippen LogP contribution < -0.4 is 4.74 Å². The second kappa shape index (κ2) is 4.41. The number of hydrogen-bond donors (Lipinski definition) is 0. The summed E-state index contributed by atoms with van der Waals surface area (Å²) in [7, 11) is 1.57. The van der Waals surface area contributed by atoms with E-state index in [9.17, 15) is 0 Å². The first-order valence-electron chi connectivity index (χ1n) is 4.03. The summed E-state index contributed by atoms with van der Waals surface area (Å²) in [6.07, 6.45) is 2.26. The van der Waals surface area contributed by atoms with Gasteiger partial charge in [-0.3, -0.25) is 0 Å². The van der Waals surface area contributed by atoms with Gasteiger partial charge in [-0.15, -0.1) is 0 Å². The maximum absolute atomic E-state index is 6.75. The van der Waals surface area contributed by atoms with Crippen LogP contribution >= 0.6 is 0 Å². The second-order valence-electron chi connectivity index (χ2n) is 2.47. The molecule has 0 fully saturated rings. The van der Waals surface area contributed by atoms with Crippen molar-refractivity contribution in [1.82, 2.24) is 9.97 Å². The Kier molecular flexibility index (Phi) is 3.21. The highest BCUT2D eigenvalue weighted by Gasteiger charge is 2.11. The van der Waals surface area contributed by atoms with Crippen LogP contribution in [0.15, 0.2) is 6.33 Å². The quantitative estimate of drug-likeness (QED) is 0.656. The zero-order valence-corrected chi connectivity index (χ0v) is 7.74. The fourth-order valence-corrected chi connectivity index (χ4v) is 1.13. The van der Waals surface area contributed by atoms with Gasteiger partial charge in [0.05, 0.1) is 12.8 Å². The van der Waals surface area contributed by atoms with Gasteiger partial charge in [-0.1, -0.05) is 6.92 Å². The van der Waals surface area contributed by atoms with E-state index in [0.717, 1.165) is 12.1 Å². The Morgan fingerprint density at radius 3 is 2.69 bits per heavy atom. The Balaban J connectivity index is 3.12. The van der Waals surface area contributed by atoms with Crippen LogP contribution in [0.2, 0.25) is 0 Å². The molecule has 0 aliphatic rings. The lowest BCUT2D eigenvalue weighted by Crippen LogP contribution is -2.00. The van der Waals surface area contributed by atoms with Crippen LogP contribution in [0.25, 0.3) is 4.85 Å². The molecule has 0 unspecified atom stereocenters. The highest BCUT2D eigenvalue weighted by atomic mass is 16.5. The number of methoxy groups -OCH3 is 1. The largest absolute Gasteiger partial charge is 0.493 e. The third-order valence-corrected chi connectivity index (χ3v) is 1.72. The summed E-state index contributed by atoms with van der Waals surface area (Å²) < 4.78 is 5.15. The maximum atomic E-state index is 6.75. The van der Waals surface area contributed by atoms with Crippen molar-refractivity contribution in [3.05, 3.63) is 29.1 Å². The summed E-state index contributed by atoms with van der Waals surface area (Å²) in [5.74, 6) is 0.654. The highest BCUT2D eigenvalue weighted by Crippen LogP contribution is 2.20. The molecule has 1 aromatic rings. The van der Waals surface area contributed by atoms with Gasteiger partial charge in [-0.25, -0.2) is 16.5 Å². The lowest BCUT2D eigenvalue weighted by molar-refractivity contribution is 0.400. The second-order valence-corrected chi connectivity index (χ2v) is 2.47. The summed E-state index contributed by atoms with van der Waals surface area (Å²) >= 11 is 0. The van der Waals surface area contributed by atoms with Gasteiger partial charge in [0.25, 0.3) is 6.54 Å². The summed E-state index contributed by atoms with van der Waals surface area (Å²) in [6, 6.07) is 0. The zero-order chi connectivity index (χ0) is 9.68. The first kappa shape index (κ1) is 9.46. The molecule has 0 spiro atoms. The molecule has 13 heavy (non-hydrogen) atoms. The van der Waals surface area contributed by atoms with E-state index in [1.54, 1.807) is 7.11 Å². The third kappa shape index (κ3) is 1.94. The molecule has 1 heterocycles. The predicted octanol–water partition coefficient (Wildman–Crippen LogP) is 1.47. The Bertz CT molecular complexity index is 330. The first-order chi connectivity index (χ1) is 6.33. The smallest absolute Gasteiger partial charge is 0.260 e. The number of nitrogens with zero attached hydrogens (tertiary/aromatic N) is 3. The van der Waals surface area contributed by atoms with Gasteiger partial charge in [-0.2, -0.15) is 0 Å². The molecule has 0 saturated carbocycles. The van der Waals surface area contributed by atoms with Gasteiger partial charge < -0.3 is 9.58 Å². The van der Waals surface area contributed by atoms with Crippen molar-refractivity contribution in [2.24, 2.45) is 0 Å². The summed E-state index contributed by atoms with van der Waals surface area (Å²) in [5.41, 5.74) is 1.53. The Labute approximate surface area is 77.4 Å². The van der Waals surface area contributed by atoms with Crippen molar-refractivity contribution in [3.8, 4) is 5.75 Å². The van der Waals surface area contributed by atoms with E-state index < -0.39 is 0 Å². The molecule has 0 N–H and O–H groups in total. The van der Waals surface area contributed by atoms with E-state index in [1.807, 2.05) is 6.92 Å². The minimum absolute atomic E-state index is 0.249. The van der Waals surface area contributed by atoms with Crippen molar-refractivity contribution in [3.63, 3.8) is 0 Å². The van der Waals surface area contributed by atoms with Crippen molar-refractivity contribution in [1.29, 1.82) is 0 Å². The van der Waals surface area contributed by atoms with Gasteiger partial charge >= 0.3 is 0 Å². The van der Waals surface area contributed by atoms with E-state index in [0.29, 0.717) is 11.4 Å². The molecule has 68 valence electrons. The van der Waals surface area contributed by atoms with Crippen LogP contribution in [0.4, 0.5) is 0 Å². The molecule has 0 aromatic carbocycles.